The minimum Gasteiger partial charge on any atom is -0.388 e. The topological polar surface area (TPSA) is 49.3 Å². The first-order chi connectivity index (χ1) is 9.48. The third-order valence-electron chi connectivity index (χ3n) is 3.99. The number of hydrogen-bond donors (Lipinski definition) is 2. The van der Waals surface area contributed by atoms with Crippen molar-refractivity contribution in [1.82, 2.24) is 5.32 Å². The highest BCUT2D eigenvalue weighted by Gasteiger charge is 2.32. The number of rotatable bonds is 4. The van der Waals surface area contributed by atoms with Crippen molar-refractivity contribution in [2.45, 2.75) is 44.6 Å². The fraction of sp³-hybridized carbons (Fsp3) is 0.562. The number of amides is 1. The lowest BCUT2D eigenvalue weighted by atomic mass is 9.79. The monoisotopic (exact) mass is 279 g/mol. The molecule has 0 radical (unpaired) electrons. The predicted molar refractivity (Wildman–Crippen MR) is 75.7 cm³/mol. The molecule has 3 nitrogen and oxygen atoms in total. The Morgan fingerprint density at radius 1 is 1.50 bits per heavy atom. The zero-order valence-electron chi connectivity index (χ0n) is 11.9. The molecule has 20 heavy (non-hydrogen) atoms. The van der Waals surface area contributed by atoms with E-state index in [1.165, 1.54) is 6.07 Å². The van der Waals surface area contributed by atoms with Crippen molar-refractivity contribution in [3.8, 4) is 0 Å². The Hall–Kier alpha value is -1.42. The van der Waals surface area contributed by atoms with Gasteiger partial charge < -0.3 is 10.4 Å². The molecule has 110 valence electrons. The summed E-state index contributed by atoms with van der Waals surface area (Å²) >= 11 is 0. The quantitative estimate of drug-likeness (QED) is 0.889. The van der Waals surface area contributed by atoms with Gasteiger partial charge >= 0.3 is 0 Å². The van der Waals surface area contributed by atoms with Gasteiger partial charge in [-0.05, 0) is 30.4 Å². The normalized spacial score (nSPS) is 26.2. The van der Waals surface area contributed by atoms with Crippen molar-refractivity contribution in [1.29, 1.82) is 0 Å². The van der Waals surface area contributed by atoms with E-state index in [0.717, 1.165) is 19.3 Å². The summed E-state index contributed by atoms with van der Waals surface area (Å²) in [4.78, 5) is 11.8. The molecule has 1 saturated carbocycles. The fourth-order valence-corrected chi connectivity index (χ4v) is 2.93. The standard InChI is InChI=1S/C16H22FNO2/c1-12-5-4-8-16(20,10-12)11-18-15(19)9-13-6-2-3-7-14(13)17/h2-3,6-7,12,20H,4-5,8-11H2,1H3,(H,18,19). The van der Waals surface area contributed by atoms with Gasteiger partial charge in [0.05, 0.1) is 12.0 Å². The largest absolute Gasteiger partial charge is 0.388 e. The number of benzene rings is 1. The Labute approximate surface area is 119 Å². The molecule has 2 rings (SSSR count). The average molecular weight is 279 g/mol. The van der Waals surface area contributed by atoms with Crippen LogP contribution in [0.4, 0.5) is 4.39 Å². The molecule has 2 N–H and O–H groups in total. The van der Waals surface area contributed by atoms with Crippen molar-refractivity contribution >= 4 is 5.91 Å². The zero-order chi connectivity index (χ0) is 14.6. The van der Waals surface area contributed by atoms with E-state index in [4.69, 9.17) is 0 Å². The first-order valence-electron chi connectivity index (χ1n) is 7.21. The molecule has 0 aliphatic heterocycles. The highest BCUT2D eigenvalue weighted by atomic mass is 19.1. The molecule has 0 saturated heterocycles. The number of carbonyl (C=O) groups is 1. The van der Waals surface area contributed by atoms with Crippen LogP contribution in [0.25, 0.3) is 0 Å². The predicted octanol–water partition coefficient (Wildman–Crippen LogP) is 2.43. The SMILES string of the molecule is CC1CCCC(O)(CNC(=O)Cc2ccccc2F)C1. The lowest BCUT2D eigenvalue weighted by Crippen LogP contribution is -2.46. The van der Waals surface area contributed by atoms with Gasteiger partial charge in [-0.1, -0.05) is 38.0 Å². The summed E-state index contributed by atoms with van der Waals surface area (Å²) in [5.74, 6) is -0.133. The summed E-state index contributed by atoms with van der Waals surface area (Å²) in [6, 6.07) is 6.26. The number of carbonyl (C=O) groups excluding carboxylic acids is 1. The molecule has 1 aliphatic carbocycles. The van der Waals surface area contributed by atoms with Gasteiger partial charge in [0.1, 0.15) is 5.82 Å². The molecule has 1 fully saturated rings. The highest BCUT2D eigenvalue weighted by Crippen LogP contribution is 2.31. The molecule has 2 unspecified atom stereocenters. The first-order valence-corrected chi connectivity index (χ1v) is 7.21. The molecule has 0 aromatic heterocycles. The van der Waals surface area contributed by atoms with E-state index in [9.17, 15) is 14.3 Å². The van der Waals surface area contributed by atoms with Crippen molar-refractivity contribution in [3.63, 3.8) is 0 Å². The van der Waals surface area contributed by atoms with E-state index in [1.54, 1.807) is 18.2 Å². The number of aliphatic hydroxyl groups is 1. The van der Waals surface area contributed by atoms with E-state index in [0.29, 0.717) is 17.9 Å². The third kappa shape index (κ3) is 4.04. The van der Waals surface area contributed by atoms with Crippen LogP contribution in [0, 0.1) is 11.7 Å². The summed E-state index contributed by atoms with van der Waals surface area (Å²) in [5.41, 5.74) is -0.420. The van der Waals surface area contributed by atoms with Gasteiger partial charge in [-0.25, -0.2) is 4.39 Å². The molecule has 1 aliphatic rings. The Morgan fingerprint density at radius 2 is 2.25 bits per heavy atom. The van der Waals surface area contributed by atoms with Crippen LogP contribution in [0.5, 0.6) is 0 Å². The number of halogens is 1. The van der Waals surface area contributed by atoms with Gasteiger partial charge in [0.15, 0.2) is 0 Å². The van der Waals surface area contributed by atoms with Crippen molar-refractivity contribution < 1.29 is 14.3 Å². The third-order valence-corrected chi connectivity index (χ3v) is 3.99. The molecule has 4 heteroatoms. The molecule has 0 bridgehead atoms. The van der Waals surface area contributed by atoms with E-state index >= 15 is 0 Å². The summed E-state index contributed by atoms with van der Waals surface area (Å²) in [6.45, 7) is 2.37. The molecule has 0 spiro atoms. The van der Waals surface area contributed by atoms with Crippen LogP contribution in [0.15, 0.2) is 24.3 Å². The van der Waals surface area contributed by atoms with Crippen molar-refractivity contribution in [2.75, 3.05) is 6.54 Å². The number of nitrogens with one attached hydrogen (secondary N) is 1. The second kappa shape index (κ2) is 6.35. The molecular formula is C16H22FNO2. The molecule has 2 atom stereocenters. The lowest BCUT2D eigenvalue weighted by Gasteiger charge is -2.35. The van der Waals surface area contributed by atoms with E-state index in [2.05, 4.69) is 12.2 Å². The summed E-state index contributed by atoms with van der Waals surface area (Å²) < 4.78 is 13.4. The van der Waals surface area contributed by atoms with E-state index in [1.807, 2.05) is 0 Å². The molecular weight excluding hydrogens is 257 g/mol. The number of hydrogen-bond acceptors (Lipinski definition) is 2. The molecule has 1 aromatic carbocycles. The van der Waals surface area contributed by atoms with Crippen molar-refractivity contribution in [2.24, 2.45) is 5.92 Å². The van der Waals surface area contributed by atoms with Crippen LogP contribution in [-0.4, -0.2) is 23.2 Å². The van der Waals surface area contributed by atoms with E-state index < -0.39 is 5.60 Å². The molecule has 1 aromatic rings. The van der Waals surface area contributed by atoms with Crippen LogP contribution in [0.1, 0.15) is 38.2 Å². The zero-order valence-corrected chi connectivity index (χ0v) is 11.9. The highest BCUT2D eigenvalue weighted by molar-refractivity contribution is 5.78. The van der Waals surface area contributed by atoms with Crippen LogP contribution >= 0.6 is 0 Å². The Bertz CT molecular complexity index is 477. The van der Waals surface area contributed by atoms with Crippen molar-refractivity contribution in [3.05, 3.63) is 35.6 Å². The minimum atomic E-state index is -0.803. The van der Waals surface area contributed by atoms with Gasteiger partial charge in [0.2, 0.25) is 5.91 Å². The Morgan fingerprint density at radius 3 is 2.95 bits per heavy atom. The van der Waals surface area contributed by atoms with Gasteiger partial charge in [-0.2, -0.15) is 0 Å². The second-order valence-corrected chi connectivity index (χ2v) is 5.97. The second-order valence-electron chi connectivity index (χ2n) is 5.97. The fourth-order valence-electron chi connectivity index (χ4n) is 2.93. The Balaban J connectivity index is 1.85. The smallest absolute Gasteiger partial charge is 0.224 e. The van der Waals surface area contributed by atoms with Gasteiger partial charge in [-0.15, -0.1) is 0 Å². The summed E-state index contributed by atoms with van der Waals surface area (Å²) in [7, 11) is 0. The maximum Gasteiger partial charge on any atom is 0.224 e. The Kier molecular flexibility index (Phi) is 4.76. The first kappa shape index (κ1) is 15.0. The van der Waals surface area contributed by atoms with Gasteiger partial charge in [0, 0.05) is 6.54 Å². The van der Waals surface area contributed by atoms with Crippen LogP contribution in [0.3, 0.4) is 0 Å². The van der Waals surface area contributed by atoms with Gasteiger partial charge in [-0.3, -0.25) is 4.79 Å². The van der Waals surface area contributed by atoms with Crippen LogP contribution < -0.4 is 5.32 Å². The molecule has 0 heterocycles. The van der Waals surface area contributed by atoms with Crippen LogP contribution in [0.2, 0.25) is 0 Å². The minimum absolute atomic E-state index is 0.0122. The van der Waals surface area contributed by atoms with Crippen LogP contribution in [-0.2, 0) is 11.2 Å². The average Bonchev–Trinajstić information content (AvgIpc) is 2.39. The maximum absolute atomic E-state index is 13.4. The van der Waals surface area contributed by atoms with E-state index in [-0.39, 0.29) is 24.7 Å². The summed E-state index contributed by atoms with van der Waals surface area (Å²) in [5, 5.41) is 13.2. The molecule has 1 amide bonds. The summed E-state index contributed by atoms with van der Waals surface area (Å²) in [6.07, 6.45) is 3.56. The van der Waals surface area contributed by atoms with Gasteiger partial charge in [0.25, 0.3) is 0 Å². The maximum atomic E-state index is 13.4. The lowest BCUT2D eigenvalue weighted by molar-refractivity contribution is -0.122.